The van der Waals surface area contributed by atoms with Crippen molar-refractivity contribution in [1.29, 1.82) is 0 Å². The molecule has 3 aromatic rings. The molecule has 1 aliphatic carbocycles. The number of Topliss-reactive ketones (excluding diaryl/α,β-unsaturated/α-hetero) is 2. The van der Waals surface area contributed by atoms with Crippen LogP contribution >= 0.6 is 0 Å². The van der Waals surface area contributed by atoms with Gasteiger partial charge in [0.1, 0.15) is 6.54 Å². The van der Waals surface area contributed by atoms with Crippen LogP contribution in [-0.4, -0.2) is 21.9 Å². The minimum absolute atomic E-state index is 0.326. The molecule has 0 atom stereocenters. The summed E-state index contributed by atoms with van der Waals surface area (Å²) in [6.45, 7) is 0.463. The van der Waals surface area contributed by atoms with E-state index in [0.717, 1.165) is 5.56 Å². The van der Waals surface area contributed by atoms with Crippen molar-refractivity contribution < 1.29 is 14.3 Å². The van der Waals surface area contributed by atoms with E-state index in [0.29, 0.717) is 29.1 Å². The number of hydrogen-bond donors (Lipinski definition) is 1. The van der Waals surface area contributed by atoms with Gasteiger partial charge < -0.3 is 0 Å². The van der Waals surface area contributed by atoms with Crippen LogP contribution in [0.4, 0.5) is 0 Å². The quantitative estimate of drug-likeness (QED) is 0.578. The SMILES string of the molecule is O=C1C(=O)c2c(n[nH][n+]2Cc2ccccc2)-c2ccccc21. The van der Waals surface area contributed by atoms with E-state index in [9.17, 15) is 9.59 Å². The van der Waals surface area contributed by atoms with Gasteiger partial charge in [-0.15, -0.1) is 4.68 Å². The summed E-state index contributed by atoms with van der Waals surface area (Å²) in [5.41, 5.74) is 3.00. The summed E-state index contributed by atoms with van der Waals surface area (Å²) in [4.78, 5) is 24.7. The Balaban J connectivity index is 1.86. The van der Waals surface area contributed by atoms with E-state index >= 15 is 0 Å². The second-order valence-electron chi connectivity index (χ2n) is 5.18. The van der Waals surface area contributed by atoms with Gasteiger partial charge in [0.2, 0.25) is 5.78 Å². The number of benzene rings is 2. The van der Waals surface area contributed by atoms with Gasteiger partial charge in [-0.1, -0.05) is 53.7 Å². The lowest BCUT2D eigenvalue weighted by Gasteiger charge is -2.09. The second kappa shape index (κ2) is 4.73. The van der Waals surface area contributed by atoms with E-state index in [1.165, 1.54) is 0 Å². The highest BCUT2D eigenvalue weighted by molar-refractivity contribution is 6.51. The van der Waals surface area contributed by atoms with Crippen LogP contribution in [0.2, 0.25) is 0 Å². The van der Waals surface area contributed by atoms with Crippen LogP contribution in [0.25, 0.3) is 11.3 Å². The van der Waals surface area contributed by atoms with E-state index in [4.69, 9.17) is 0 Å². The highest BCUT2D eigenvalue weighted by Gasteiger charge is 2.40. The maximum absolute atomic E-state index is 12.4. The topological polar surface area (TPSA) is 66.7 Å². The summed E-state index contributed by atoms with van der Waals surface area (Å²) in [5.74, 6) is -0.996. The van der Waals surface area contributed by atoms with Crippen LogP contribution in [0, 0.1) is 0 Å². The molecule has 106 valence electrons. The molecule has 22 heavy (non-hydrogen) atoms. The van der Waals surface area contributed by atoms with Crippen molar-refractivity contribution in [2.75, 3.05) is 0 Å². The van der Waals surface area contributed by atoms with Crippen molar-refractivity contribution in [3.63, 3.8) is 0 Å². The summed E-state index contributed by atoms with van der Waals surface area (Å²) in [6.07, 6.45) is 0. The van der Waals surface area contributed by atoms with Crippen molar-refractivity contribution >= 4 is 11.6 Å². The van der Waals surface area contributed by atoms with E-state index < -0.39 is 11.6 Å². The number of ketones is 2. The molecule has 0 radical (unpaired) electrons. The molecular formula is C17H12N3O2+. The van der Waals surface area contributed by atoms with Crippen LogP contribution < -0.4 is 4.68 Å². The zero-order valence-electron chi connectivity index (χ0n) is 11.6. The number of H-pyrrole nitrogens is 1. The number of fused-ring (bicyclic) bond motifs is 3. The average Bonchev–Trinajstić information content (AvgIpc) is 2.97. The zero-order chi connectivity index (χ0) is 15.1. The fraction of sp³-hybridized carbons (Fsp3) is 0.0588. The Morgan fingerprint density at radius 3 is 2.32 bits per heavy atom. The molecule has 0 spiro atoms. The number of rotatable bonds is 2. The Labute approximate surface area is 126 Å². The minimum atomic E-state index is -0.515. The van der Waals surface area contributed by atoms with Crippen molar-refractivity contribution in [3.8, 4) is 11.3 Å². The predicted molar refractivity (Wildman–Crippen MR) is 78.4 cm³/mol. The Kier molecular flexibility index (Phi) is 2.72. The van der Waals surface area contributed by atoms with Crippen LogP contribution in [0.1, 0.15) is 26.4 Å². The molecule has 0 bridgehead atoms. The second-order valence-corrected chi connectivity index (χ2v) is 5.18. The first kappa shape index (κ1) is 12.6. The molecule has 1 aromatic heterocycles. The number of aromatic amines is 1. The summed E-state index contributed by atoms with van der Waals surface area (Å²) < 4.78 is 1.63. The fourth-order valence-electron chi connectivity index (χ4n) is 2.76. The van der Waals surface area contributed by atoms with Crippen LogP contribution in [0.3, 0.4) is 0 Å². The molecular weight excluding hydrogens is 278 g/mol. The van der Waals surface area contributed by atoms with Gasteiger partial charge >= 0.3 is 0 Å². The molecule has 1 heterocycles. The summed E-state index contributed by atoms with van der Waals surface area (Å²) in [6, 6.07) is 16.8. The van der Waals surface area contributed by atoms with E-state index in [2.05, 4.69) is 10.3 Å². The van der Waals surface area contributed by atoms with Gasteiger partial charge in [0, 0.05) is 16.2 Å². The Morgan fingerprint density at radius 2 is 1.55 bits per heavy atom. The maximum atomic E-state index is 12.4. The summed E-state index contributed by atoms with van der Waals surface area (Å²) in [5, 5.41) is 7.09. The molecule has 1 aliphatic rings. The highest BCUT2D eigenvalue weighted by Crippen LogP contribution is 2.29. The summed E-state index contributed by atoms with van der Waals surface area (Å²) >= 11 is 0. The first-order valence-corrected chi connectivity index (χ1v) is 6.96. The van der Waals surface area contributed by atoms with Gasteiger partial charge in [-0.2, -0.15) is 0 Å². The van der Waals surface area contributed by atoms with Crippen molar-refractivity contribution in [2.45, 2.75) is 6.54 Å². The average molecular weight is 290 g/mol. The third-order valence-corrected chi connectivity index (χ3v) is 3.81. The molecule has 0 unspecified atom stereocenters. The summed E-state index contributed by atoms with van der Waals surface area (Å²) in [7, 11) is 0. The smallest absolute Gasteiger partial charge is 0.279 e. The van der Waals surface area contributed by atoms with Crippen molar-refractivity contribution in [3.05, 3.63) is 71.4 Å². The minimum Gasteiger partial charge on any atom is -0.285 e. The van der Waals surface area contributed by atoms with Gasteiger partial charge in [0.15, 0.2) is 0 Å². The predicted octanol–water partition coefficient (Wildman–Crippen LogP) is 1.79. The van der Waals surface area contributed by atoms with E-state index in [1.54, 1.807) is 16.8 Å². The van der Waals surface area contributed by atoms with Gasteiger partial charge in [-0.25, -0.2) is 0 Å². The molecule has 0 amide bonds. The van der Waals surface area contributed by atoms with Crippen LogP contribution in [0.15, 0.2) is 54.6 Å². The van der Waals surface area contributed by atoms with Crippen molar-refractivity contribution in [1.82, 2.24) is 10.3 Å². The standard InChI is InChI=1S/C17H11N3O2/c21-16-13-9-5-4-8-12(13)14-15(17(16)22)20(19-18-14)10-11-6-2-1-3-7-11/h1-9H,10H2/p+1. The number of hydrogen-bond acceptors (Lipinski definition) is 3. The highest BCUT2D eigenvalue weighted by atomic mass is 16.2. The number of aromatic nitrogens is 3. The number of carbonyl (C=O) groups is 2. The normalized spacial score (nSPS) is 12.9. The number of carbonyl (C=O) groups excluding carboxylic acids is 2. The lowest BCUT2D eigenvalue weighted by Crippen LogP contribution is -2.44. The Bertz CT molecular complexity index is 897. The van der Waals surface area contributed by atoms with Crippen molar-refractivity contribution in [2.24, 2.45) is 0 Å². The number of nitrogens with zero attached hydrogens (tertiary/aromatic N) is 2. The molecule has 0 saturated heterocycles. The van der Waals surface area contributed by atoms with Crippen LogP contribution in [0.5, 0.6) is 0 Å². The lowest BCUT2D eigenvalue weighted by molar-refractivity contribution is -0.747. The third kappa shape index (κ3) is 1.79. The largest absolute Gasteiger partial charge is 0.285 e. The van der Waals surface area contributed by atoms with Crippen LogP contribution in [-0.2, 0) is 6.54 Å². The zero-order valence-corrected chi connectivity index (χ0v) is 11.6. The molecule has 4 rings (SSSR count). The fourth-order valence-corrected chi connectivity index (χ4v) is 2.76. The van der Waals surface area contributed by atoms with Gasteiger partial charge in [0.25, 0.3) is 17.2 Å². The van der Waals surface area contributed by atoms with E-state index in [-0.39, 0.29) is 0 Å². The molecule has 0 aliphatic heterocycles. The monoisotopic (exact) mass is 290 g/mol. The Hall–Kier alpha value is -3.08. The molecule has 0 fully saturated rings. The van der Waals surface area contributed by atoms with Gasteiger partial charge in [-0.3, -0.25) is 9.59 Å². The Morgan fingerprint density at radius 1 is 0.864 bits per heavy atom. The molecule has 1 N–H and O–H groups in total. The first-order chi connectivity index (χ1) is 10.8. The molecule has 5 nitrogen and oxygen atoms in total. The molecule has 2 aromatic carbocycles. The molecule has 0 saturated carbocycles. The lowest BCUT2D eigenvalue weighted by atomic mass is 9.90. The third-order valence-electron chi connectivity index (χ3n) is 3.81. The maximum Gasteiger partial charge on any atom is 0.279 e. The van der Waals surface area contributed by atoms with Gasteiger partial charge in [-0.05, 0) is 11.6 Å². The first-order valence-electron chi connectivity index (χ1n) is 6.96. The molecule has 5 heteroatoms. The van der Waals surface area contributed by atoms with Gasteiger partial charge in [0.05, 0.1) is 0 Å². The van der Waals surface area contributed by atoms with E-state index in [1.807, 2.05) is 42.5 Å². The number of nitrogens with one attached hydrogen (secondary N) is 1.